The van der Waals surface area contributed by atoms with E-state index in [4.69, 9.17) is 10.8 Å². The average Bonchev–Trinajstić information content (AvgIpc) is 2.17. The second kappa shape index (κ2) is 4.58. The molecule has 0 saturated heterocycles. The summed E-state index contributed by atoms with van der Waals surface area (Å²) in [6, 6.07) is 6.95. The summed E-state index contributed by atoms with van der Waals surface area (Å²) in [5, 5.41) is 8.57. The summed E-state index contributed by atoms with van der Waals surface area (Å²) >= 11 is 0. The molecule has 14 heavy (non-hydrogen) atoms. The molecule has 0 saturated carbocycles. The van der Waals surface area contributed by atoms with E-state index in [1.807, 2.05) is 24.3 Å². The zero-order valence-electron chi connectivity index (χ0n) is 7.81. The summed E-state index contributed by atoms with van der Waals surface area (Å²) in [5.41, 5.74) is 7.48. The Balaban J connectivity index is 2.83. The van der Waals surface area contributed by atoms with Gasteiger partial charge in [0.1, 0.15) is 0 Å². The van der Waals surface area contributed by atoms with Crippen molar-refractivity contribution in [1.82, 2.24) is 0 Å². The van der Waals surface area contributed by atoms with Gasteiger partial charge in [0.2, 0.25) is 0 Å². The van der Waals surface area contributed by atoms with Crippen LogP contribution in [-0.2, 0) is 4.79 Å². The van der Waals surface area contributed by atoms with E-state index in [0.717, 1.165) is 11.1 Å². The third kappa shape index (κ3) is 2.71. The van der Waals surface area contributed by atoms with Crippen LogP contribution in [0.3, 0.4) is 0 Å². The standard InChI is InChI=1S/C11H13NO2/c1-2-8-4-3-5-9(6-8)10(12)7-11(13)14/h2-6,10H,1,7,12H2,(H,13,14). The maximum absolute atomic E-state index is 10.4. The number of carbonyl (C=O) groups is 1. The molecule has 0 aliphatic carbocycles. The number of rotatable bonds is 4. The van der Waals surface area contributed by atoms with Crippen LogP contribution in [0.15, 0.2) is 30.8 Å². The summed E-state index contributed by atoms with van der Waals surface area (Å²) in [7, 11) is 0. The molecule has 3 N–H and O–H groups in total. The lowest BCUT2D eigenvalue weighted by Gasteiger charge is -2.09. The van der Waals surface area contributed by atoms with Crippen LogP contribution < -0.4 is 5.73 Å². The van der Waals surface area contributed by atoms with E-state index >= 15 is 0 Å². The monoisotopic (exact) mass is 191 g/mol. The molecule has 0 radical (unpaired) electrons. The molecule has 0 aliphatic heterocycles. The van der Waals surface area contributed by atoms with Crippen LogP contribution in [0, 0.1) is 0 Å². The van der Waals surface area contributed by atoms with Gasteiger partial charge in [0, 0.05) is 6.04 Å². The largest absolute Gasteiger partial charge is 0.481 e. The van der Waals surface area contributed by atoms with Crippen molar-refractivity contribution >= 4 is 12.0 Å². The summed E-state index contributed by atoms with van der Waals surface area (Å²) in [4.78, 5) is 10.4. The van der Waals surface area contributed by atoms with Crippen molar-refractivity contribution in [3.05, 3.63) is 42.0 Å². The summed E-state index contributed by atoms with van der Waals surface area (Å²) in [6.45, 7) is 3.64. The zero-order valence-corrected chi connectivity index (χ0v) is 7.81. The van der Waals surface area contributed by atoms with Gasteiger partial charge in [-0.1, -0.05) is 36.9 Å². The molecular formula is C11H13NO2. The highest BCUT2D eigenvalue weighted by molar-refractivity contribution is 5.68. The van der Waals surface area contributed by atoms with Gasteiger partial charge in [-0.05, 0) is 11.1 Å². The van der Waals surface area contributed by atoms with Crippen LogP contribution in [0.25, 0.3) is 6.08 Å². The van der Waals surface area contributed by atoms with E-state index in [-0.39, 0.29) is 6.42 Å². The Morgan fingerprint density at radius 1 is 1.64 bits per heavy atom. The fourth-order valence-corrected chi connectivity index (χ4v) is 1.22. The molecule has 1 unspecified atom stereocenters. The van der Waals surface area contributed by atoms with Gasteiger partial charge in [-0.25, -0.2) is 0 Å². The molecule has 74 valence electrons. The number of aliphatic carboxylic acids is 1. The molecule has 1 atom stereocenters. The topological polar surface area (TPSA) is 63.3 Å². The Morgan fingerprint density at radius 2 is 2.36 bits per heavy atom. The maximum Gasteiger partial charge on any atom is 0.305 e. The first-order valence-corrected chi connectivity index (χ1v) is 4.33. The van der Waals surface area contributed by atoms with Crippen molar-refractivity contribution in [2.45, 2.75) is 12.5 Å². The maximum atomic E-state index is 10.4. The smallest absolute Gasteiger partial charge is 0.305 e. The van der Waals surface area contributed by atoms with Crippen molar-refractivity contribution < 1.29 is 9.90 Å². The fourth-order valence-electron chi connectivity index (χ4n) is 1.22. The average molecular weight is 191 g/mol. The number of hydrogen-bond donors (Lipinski definition) is 2. The minimum atomic E-state index is -0.887. The number of nitrogens with two attached hydrogens (primary N) is 1. The second-order valence-electron chi connectivity index (χ2n) is 3.08. The molecule has 1 aromatic carbocycles. The van der Waals surface area contributed by atoms with E-state index in [1.54, 1.807) is 6.08 Å². The van der Waals surface area contributed by atoms with Crippen molar-refractivity contribution in [2.75, 3.05) is 0 Å². The lowest BCUT2D eigenvalue weighted by molar-refractivity contribution is -0.137. The zero-order chi connectivity index (χ0) is 10.6. The first-order valence-electron chi connectivity index (χ1n) is 4.33. The Morgan fingerprint density at radius 3 is 2.93 bits per heavy atom. The first-order chi connectivity index (χ1) is 6.63. The fraction of sp³-hybridized carbons (Fsp3) is 0.182. The predicted octanol–water partition coefficient (Wildman–Crippen LogP) is 1.80. The van der Waals surface area contributed by atoms with Crippen LogP contribution in [0.5, 0.6) is 0 Å². The predicted molar refractivity (Wildman–Crippen MR) is 55.7 cm³/mol. The van der Waals surface area contributed by atoms with Crippen molar-refractivity contribution in [3.8, 4) is 0 Å². The molecule has 3 nitrogen and oxygen atoms in total. The second-order valence-corrected chi connectivity index (χ2v) is 3.08. The summed E-state index contributed by atoms with van der Waals surface area (Å²) in [5.74, 6) is -0.887. The highest BCUT2D eigenvalue weighted by atomic mass is 16.4. The minimum absolute atomic E-state index is 0.0550. The molecule has 1 rings (SSSR count). The Hall–Kier alpha value is -1.61. The Kier molecular flexibility index (Phi) is 3.42. The van der Waals surface area contributed by atoms with Crippen LogP contribution in [-0.4, -0.2) is 11.1 Å². The van der Waals surface area contributed by atoms with Crippen molar-refractivity contribution in [3.63, 3.8) is 0 Å². The van der Waals surface area contributed by atoms with E-state index in [0.29, 0.717) is 0 Å². The normalized spacial score (nSPS) is 12.1. The molecule has 3 heteroatoms. The third-order valence-electron chi connectivity index (χ3n) is 1.97. The SMILES string of the molecule is C=Cc1cccc(C(N)CC(=O)O)c1. The highest BCUT2D eigenvalue weighted by Crippen LogP contribution is 2.15. The first kappa shape index (κ1) is 10.5. The van der Waals surface area contributed by atoms with Gasteiger partial charge in [0.05, 0.1) is 6.42 Å². The van der Waals surface area contributed by atoms with Gasteiger partial charge in [-0.2, -0.15) is 0 Å². The van der Waals surface area contributed by atoms with E-state index in [2.05, 4.69) is 6.58 Å². The molecule has 0 amide bonds. The molecule has 0 aromatic heterocycles. The number of carboxylic acids is 1. The number of benzene rings is 1. The summed E-state index contributed by atoms with van der Waals surface area (Å²) in [6.07, 6.45) is 1.65. The van der Waals surface area contributed by atoms with Crippen molar-refractivity contribution in [1.29, 1.82) is 0 Å². The van der Waals surface area contributed by atoms with Gasteiger partial charge in [0.15, 0.2) is 0 Å². The van der Waals surface area contributed by atoms with Crippen LogP contribution >= 0.6 is 0 Å². The lowest BCUT2D eigenvalue weighted by atomic mass is 10.0. The summed E-state index contributed by atoms with van der Waals surface area (Å²) < 4.78 is 0. The molecular weight excluding hydrogens is 178 g/mol. The minimum Gasteiger partial charge on any atom is -0.481 e. The van der Waals surface area contributed by atoms with Gasteiger partial charge in [0.25, 0.3) is 0 Å². The van der Waals surface area contributed by atoms with E-state index in [9.17, 15) is 4.79 Å². The van der Waals surface area contributed by atoms with Gasteiger partial charge < -0.3 is 10.8 Å². The Labute approximate surface area is 82.9 Å². The Bertz CT molecular complexity index is 347. The van der Waals surface area contributed by atoms with Gasteiger partial charge >= 0.3 is 5.97 Å². The third-order valence-corrected chi connectivity index (χ3v) is 1.97. The van der Waals surface area contributed by atoms with E-state index in [1.165, 1.54) is 0 Å². The molecule has 0 bridgehead atoms. The van der Waals surface area contributed by atoms with Gasteiger partial charge in [-0.15, -0.1) is 0 Å². The molecule has 1 aromatic rings. The van der Waals surface area contributed by atoms with E-state index < -0.39 is 12.0 Å². The van der Waals surface area contributed by atoms with Crippen LogP contribution in [0.1, 0.15) is 23.6 Å². The molecule has 0 spiro atoms. The lowest BCUT2D eigenvalue weighted by Crippen LogP contribution is -2.14. The molecule has 0 fully saturated rings. The number of hydrogen-bond acceptors (Lipinski definition) is 2. The molecule has 0 aliphatic rings. The van der Waals surface area contributed by atoms with Crippen LogP contribution in [0.4, 0.5) is 0 Å². The van der Waals surface area contributed by atoms with Crippen LogP contribution in [0.2, 0.25) is 0 Å². The van der Waals surface area contributed by atoms with Gasteiger partial charge in [-0.3, -0.25) is 4.79 Å². The molecule has 0 heterocycles. The highest BCUT2D eigenvalue weighted by Gasteiger charge is 2.09. The number of carboxylic acid groups (broad SMARTS) is 1. The van der Waals surface area contributed by atoms with Crippen molar-refractivity contribution in [2.24, 2.45) is 5.73 Å². The quantitative estimate of drug-likeness (QED) is 0.762.